The van der Waals surface area contributed by atoms with Crippen LogP contribution < -0.4 is 10.0 Å². The molecule has 0 aromatic heterocycles. The van der Waals surface area contributed by atoms with Gasteiger partial charge in [0, 0.05) is 11.1 Å². The molecule has 0 aliphatic carbocycles. The second-order valence-electron chi connectivity index (χ2n) is 7.67. The number of hydrogen-bond donors (Lipinski definition) is 2. The first-order valence-corrected chi connectivity index (χ1v) is 10.1. The zero-order valence-electron chi connectivity index (χ0n) is 16.1. The zero-order chi connectivity index (χ0) is 20.4. The largest absolute Gasteiger partial charge is 0.454 e. The van der Waals surface area contributed by atoms with Crippen LogP contribution in [-0.4, -0.2) is 44.3 Å². The fraction of sp³-hybridized carbons (Fsp3) is 0.500. The summed E-state index contributed by atoms with van der Waals surface area (Å²) in [7, 11) is -3.69. The molecule has 0 saturated heterocycles. The molecule has 2 rings (SSSR count). The van der Waals surface area contributed by atoms with Gasteiger partial charge < -0.3 is 10.1 Å². The number of esters is 1. The highest BCUT2D eigenvalue weighted by atomic mass is 32.2. The first-order valence-electron chi connectivity index (χ1n) is 8.58. The van der Waals surface area contributed by atoms with E-state index in [4.69, 9.17) is 4.74 Å². The van der Waals surface area contributed by atoms with Crippen molar-refractivity contribution in [2.75, 3.05) is 6.61 Å². The van der Waals surface area contributed by atoms with Gasteiger partial charge in [-0.15, -0.1) is 0 Å². The number of amides is 1. The monoisotopic (exact) mass is 395 g/mol. The molecule has 1 aromatic rings. The summed E-state index contributed by atoms with van der Waals surface area (Å²) in [5.74, 6) is -1.27. The van der Waals surface area contributed by atoms with E-state index in [0.29, 0.717) is 5.56 Å². The molecule has 2 N–H and O–H groups in total. The SMILES string of the molecule is CC(C)[C@H](N=C1NS(=O)(=O)c2ccccc21)C(=O)OCC(=O)NC(C)(C)C. The summed E-state index contributed by atoms with van der Waals surface area (Å²) in [6.07, 6.45) is 0. The molecule has 1 aliphatic heterocycles. The van der Waals surface area contributed by atoms with Crippen LogP contribution in [0.4, 0.5) is 0 Å². The van der Waals surface area contributed by atoms with E-state index >= 15 is 0 Å². The molecule has 1 aliphatic rings. The molecule has 1 aromatic carbocycles. The van der Waals surface area contributed by atoms with Crippen LogP contribution in [0.3, 0.4) is 0 Å². The van der Waals surface area contributed by atoms with Gasteiger partial charge in [-0.05, 0) is 38.8 Å². The Morgan fingerprint density at radius 2 is 1.85 bits per heavy atom. The van der Waals surface area contributed by atoms with Crippen LogP contribution in [-0.2, 0) is 24.3 Å². The molecule has 0 unspecified atom stereocenters. The van der Waals surface area contributed by atoms with Crippen molar-refractivity contribution in [1.29, 1.82) is 0 Å². The lowest BCUT2D eigenvalue weighted by molar-refractivity contribution is -0.151. The van der Waals surface area contributed by atoms with Gasteiger partial charge in [-0.1, -0.05) is 26.0 Å². The molecule has 0 fully saturated rings. The fourth-order valence-corrected chi connectivity index (χ4v) is 3.76. The number of nitrogens with zero attached hydrogens (tertiary/aromatic N) is 1. The number of ether oxygens (including phenoxy) is 1. The third-order valence-electron chi connectivity index (χ3n) is 3.66. The number of aliphatic imine (C=N–C) groups is 1. The molecule has 27 heavy (non-hydrogen) atoms. The normalized spacial score (nSPS) is 17.9. The number of carbonyl (C=O) groups excluding carboxylic acids is 2. The first-order chi connectivity index (χ1) is 12.4. The highest BCUT2D eigenvalue weighted by Gasteiger charge is 2.33. The Morgan fingerprint density at radius 1 is 1.22 bits per heavy atom. The van der Waals surface area contributed by atoms with Gasteiger partial charge in [0.05, 0.1) is 4.90 Å². The maximum Gasteiger partial charge on any atom is 0.331 e. The molecule has 1 heterocycles. The van der Waals surface area contributed by atoms with Gasteiger partial charge in [-0.3, -0.25) is 14.5 Å². The highest BCUT2D eigenvalue weighted by molar-refractivity contribution is 7.90. The number of hydrogen-bond acceptors (Lipinski definition) is 6. The van der Waals surface area contributed by atoms with E-state index < -0.39 is 40.1 Å². The van der Waals surface area contributed by atoms with Crippen LogP contribution in [0.25, 0.3) is 0 Å². The van der Waals surface area contributed by atoms with Crippen LogP contribution in [0.15, 0.2) is 34.2 Å². The van der Waals surface area contributed by atoms with Crippen LogP contribution in [0.5, 0.6) is 0 Å². The fourth-order valence-electron chi connectivity index (χ4n) is 2.52. The van der Waals surface area contributed by atoms with Gasteiger partial charge in [0.15, 0.2) is 12.6 Å². The molecule has 1 atom stereocenters. The lowest BCUT2D eigenvalue weighted by Gasteiger charge is -2.21. The Balaban J connectivity index is 2.18. The number of fused-ring (bicyclic) bond motifs is 1. The van der Waals surface area contributed by atoms with Crippen molar-refractivity contribution in [1.82, 2.24) is 10.0 Å². The summed E-state index contributed by atoms with van der Waals surface area (Å²) in [4.78, 5) is 28.7. The van der Waals surface area contributed by atoms with Crippen molar-refractivity contribution in [3.8, 4) is 0 Å². The molecule has 0 radical (unpaired) electrons. The van der Waals surface area contributed by atoms with E-state index in [2.05, 4.69) is 15.0 Å². The van der Waals surface area contributed by atoms with Crippen molar-refractivity contribution in [2.45, 2.75) is 51.1 Å². The summed E-state index contributed by atoms with van der Waals surface area (Å²) in [6.45, 7) is 8.56. The molecular formula is C18H25N3O5S. The summed E-state index contributed by atoms with van der Waals surface area (Å²) < 4.78 is 31.8. The van der Waals surface area contributed by atoms with Crippen molar-refractivity contribution in [3.05, 3.63) is 29.8 Å². The summed E-state index contributed by atoms with van der Waals surface area (Å²) in [5, 5.41) is 2.70. The minimum Gasteiger partial charge on any atom is -0.454 e. The number of nitrogens with one attached hydrogen (secondary N) is 2. The second-order valence-corrected chi connectivity index (χ2v) is 9.32. The van der Waals surface area contributed by atoms with E-state index in [1.807, 2.05) is 20.8 Å². The van der Waals surface area contributed by atoms with Crippen molar-refractivity contribution in [2.24, 2.45) is 10.9 Å². The highest BCUT2D eigenvalue weighted by Crippen LogP contribution is 2.23. The Morgan fingerprint density at radius 3 is 2.44 bits per heavy atom. The predicted molar refractivity (Wildman–Crippen MR) is 101 cm³/mol. The number of amidine groups is 1. The maximum absolute atomic E-state index is 12.4. The van der Waals surface area contributed by atoms with Crippen molar-refractivity contribution in [3.63, 3.8) is 0 Å². The molecule has 1 amide bonds. The quantitative estimate of drug-likeness (QED) is 0.728. The Kier molecular flexibility index (Phi) is 5.94. The van der Waals surface area contributed by atoms with E-state index in [1.54, 1.807) is 32.0 Å². The third-order valence-corrected chi connectivity index (χ3v) is 5.06. The zero-order valence-corrected chi connectivity index (χ0v) is 16.9. The summed E-state index contributed by atoms with van der Waals surface area (Å²) in [5.41, 5.74) is -0.0334. The van der Waals surface area contributed by atoms with Gasteiger partial charge in [-0.2, -0.15) is 0 Å². The average molecular weight is 395 g/mol. The average Bonchev–Trinajstić information content (AvgIpc) is 2.80. The minimum absolute atomic E-state index is 0.0976. The van der Waals surface area contributed by atoms with Crippen molar-refractivity contribution >= 4 is 27.7 Å². The van der Waals surface area contributed by atoms with E-state index in [0.717, 1.165) is 0 Å². The van der Waals surface area contributed by atoms with Gasteiger partial charge >= 0.3 is 5.97 Å². The number of sulfonamides is 1. The van der Waals surface area contributed by atoms with E-state index in [9.17, 15) is 18.0 Å². The molecular weight excluding hydrogens is 370 g/mol. The Hall–Kier alpha value is -2.42. The molecule has 0 spiro atoms. The first kappa shape index (κ1) is 20.9. The standard InChI is InChI=1S/C18H25N3O5S/c1-11(2)15(17(23)26-10-14(22)20-18(3,4)5)19-16-12-8-6-7-9-13(12)27(24,25)21-16/h6-9,11,15H,10H2,1-5H3,(H,19,21)(H,20,22)/t15-/m0/s1. The van der Waals surface area contributed by atoms with Crippen LogP contribution in [0, 0.1) is 5.92 Å². The number of rotatable bonds is 5. The molecule has 8 nitrogen and oxygen atoms in total. The van der Waals surface area contributed by atoms with E-state index in [1.165, 1.54) is 6.07 Å². The molecule has 9 heteroatoms. The maximum atomic E-state index is 12.4. The number of carbonyl (C=O) groups is 2. The van der Waals surface area contributed by atoms with Gasteiger partial charge in [0.2, 0.25) is 0 Å². The molecule has 0 saturated carbocycles. The summed E-state index contributed by atoms with van der Waals surface area (Å²) >= 11 is 0. The Labute approximate surface area is 159 Å². The molecule has 148 valence electrons. The van der Waals surface area contributed by atoms with Crippen LogP contribution in [0.2, 0.25) is 0 Å². The third kappa shape index (κ3) is 5.29. The Bertz CT molecular complexity index is 869. The topological polar surface area (TPSA) is 114 Å². The van der Waals surface area contributed by atoms with Crippen LogP contribution >= 0.6 is 0 Å². The van der Waals surface area contributed by atoms with Crippen molar-refractivity contribution < 1.29 is 22.7 Å². The van der Waals surface area contributed by atoms with Gasteiger partial charge in [0.25, 0.3) is 15.9 Å². The lowest BCUT2D eigenvalue weighted by atomic mass is 10.1. The van der Waals surface area contributed by atoms with Gasteiger partial charge in [-0.25, -0.2) is 13.2 Å². The van der Waals surface area contributed by atoms with Gasteiger partial charge in [0.1, 0.15) is 5.84 Å². The van der Waals surface area contributed by atoms with Crippen LogP contribution in [0.1, 0.15) is 40.2 Å². The predicted octanol–water partition coefficient (Wildman–Crippen LogP) is 1.21. The lowest BCUT2D eigenvalue weighted by Crippen LogP contribution is -2.43. The summed E-state index contributed by atoms with van der Waals surface area (Å²) in [6, 6.07) is 5.45. The second kappa shape index (κ2) is 7.67. The minimum atomic E-state index is -3.69. The van der Waals surface area contributed by atoms with E-state index in [-0.39, 0.29) is 16.6 Å². The number of benzene rings is 1. The molecule has 0 bridgehead atoms. The smallest absolute Gasteiger partial charge is 0.331 e.